The molecule has 7 heteroatoms. The Kier molecular flexibility index (Phi) is 3.89. The number of benzene rings is 1. The van der Waals surface area contributed by atoms with Gasteiger partial charge in [-0.1, -0.05) is 15.9 Å². The summed E-state index contributed by atoms with van der Waals surface area (Å²) in [6.45, 7) is 1.76. The van der Waals surface area contributed by atoms with E-state index >= 15 is 0 Å². The topological polar surface area (TPSA) is 84.2 Å². The molecule has 1 heterocycles. The maximum absolute atomic E-state index is 12.2. The molecule has 0 aliphatic rings. The number of aryl methyl sites for hydroxylation is 1. The highest BCUT2D eigenvalue weighted by Crippen LogP contribution is 2.22. The van der Waals surface area contributed by atoms with E-state index in [1.807, 2.05) is 0 Å². The predicted molar refractivity (Wildman–Crippen MR) is 77.0 cm³/mol. The second-order valence-electron chi connectivity index (χ2n) is 4.22. The van der Waals surface area contributed by atoms with Gasteiger partial charge in [0.1, 0.15) is 0 Å². The van der Waals surface area contributed by atoms with Crippen LogP contribution in [0.15, 0.2) is 28.9 Å². The van der Waals surface area contributed by atoms with Crippen LogP contribution in [0.25, 0.3) is 0 Å². The number of amides is 1. The van der Waals surface area contributed by atoms with Crippen LogP contribution >= 0.6 is 15.9 Å². The number of aromatic carboxylic acids is 1. The van der Waals surface area contributed by atoms with Crippen LogP contribution in [0.5, 0.6) is 0 Å². The SMILES string of the molecule is Cc1c(C(=O)Nc2cc(Br)ccc2C(=O)O)cnn1C. The lowest BCUT2D eigenvalue weighted by atomic mass is 10.1. The molecule has 0 atom stereocenters. The van der Waals surface area contributed by atoms with Gasteiger partial charge in [0.2, 0.25) is 0 Å². The molecule has 0 unspecified atom stereocenters. The first kappa shape index (κ1) is 14.3. The highest BCUT2D eigenvalue weighted by molar-refractivity contribution is 9.10. The number of hydrogen-bond donors (Lipinski definition) is 2. The van der Waals surface area contributed by atoms with Crippen molar-refractivity contribution in [2.45, 2.75) is 6.92 Å². The van der Waals surface area contributed by atoms with Crippen LogP contribution in [0, 0.1) is 6.92 Å². The average Bonchev–Trinajstić information content (AvgIpc) is 2.69. The molecule has 0 saturated carbocycles. The zero-order chi connectivity index (χ0) is 14.9. The number of nitrogens with one attached hydrogen (secondary N) is 1. The van der Waals surface area contributed by atoms with Crippen molar-refractivity contribution in [3.8, 4) is 0 Å². The molecule has 2 rings (SSSR count). The highest BCUT2D eigenvalue weighted by Gasteiger charge is 2.17. The van der Waals surface area contributed by atoms with E-state index in [4.69, 9.17) is 5.11 Å². The molecule has 0 aliphatic heterocycles. The zero-order valence-electron chi connectivity index (χ0n) is 10.8. The number of nitrogens with zero attached hydrogens (tertiary/aromatic N) is 2. The molecular formula is C13H12BrN3O3. The van der Waals surface area contributed by atoms with Crippen molar-refractivity contribution in [2.75, 3.05) is 5.32 Å². The van der Waals surface area contributed by atoms with Crippen molar-refractivity contribution in [1.82, 2.24) is 9.78 Å². The Bertz CT molecular complexity index is 694. The fourth-order valence-electron chi connectivity index (χ4n) is 1.72. The lowest BCUT2D eigenvalue weighted by molar-refractivity contribution is 0.0698. The Labute approximate surface area is 123 Å². The minimum atomic E-state index is -1.10. The molecule has 1 aromatic carbocycles. The van der Waals surface area contributed by atoms with Crippen molar-refractivity contribution < 1.29 is 14.7 Å². The van der Waals surface area contributed by atoms with Crippen LogP contribution in [0.3, 0.4) is 0 Å². The van der Waals surface area contributed by atoms with E-state index in [1.54, 1.807) is 30.8 Å². The quantitative estimate of drug-likeness (QED) is 0.900. The Morgan fingerprint density at radius 2 is 2.05 bits per heavy atom. The van der Waals surface area contributed by atoms with Crippen LogP contribution in [-0.2, 0) is 7.05 Å². The lowest BCUT2D eigenvalue weighted by Crippen LogP contribution is -2.15. The molecular weight excluding hydrogens is 326 g/mol. The molecule has 0 aliphatic carbocycles. The Morgan fingerprint density at radius 3 is 2.60 bits per heavy atom. The van der Waals surface area contributed by atoms with Gasteiger partial charge in [0.25, 0.3) is 5.91 Å². The predicted octanol–water partition coefficient (Wildman–Crippen LogP) is 2.44. The van der Waals surface area contributed by atoms with E-state index in [-0.39, 0.29) is 11.3 Å². The molecule has 0 fully saturated rings. The number of carbonyl (C=O) groups is 2. The summed E-state index contributed by atoms with van der Waals surface area (Å²) in [5.74, 6) is -1.49. The second-order valence-corrected chi connectivity index (χ2v) is 5.13. The molecule has 104 valence electrons. The molecule has 1 aromatic heterocycles. The summed E-state index contributed by atoms with van der Waals surface area (Å²) in [6.07, 6.45) is 1.45. The number of aromatic nitrogens is 2. The smallest absolute Gasteiger partial charge is 0.337 e. The number of carbonyl (C=O) groups excluding carboxylic acids is 1. The minimum absolute atomic E-state index is 0.0306. The van der Waals surface area contributed by atoms with Gasteiger partial charge in [-0.15, -0.1) is 0 Å². The number of hydrogen-bond acceptors (Lipinski definition) is 3. The van der Waals surface area contributed by atoms with E-state index in [0.29, 0.717) is 15.7 Å². The fraction of sp³-hybridized carbons (Fsp3) is 0.154. The van der Waals surface area contributed by atoms with Gasteiger partial charge in [-0.25, -0.2) is 4.79 Å². The largest absolute Gasteiger partial charge is 0.478 e. The van der Waals surface area contributed by atoms with Crippen LogP contribution in [-0.4, -0.2) is 26.8 Å². The minimum Gasteiger partial charge on any atom is -0.478 e. The Balaban J connectivity index is 2.35. The fourth-order valence-corrected chi connectivity index (χ4v) is 2.08. The Hall–Kier alpha value is -2.15. The summed E-state index contributed by atoms with van der Waals surface area (Å²) in [5, 5.41) is 15.7. The number of halogens is 1. The van der Waals surface area contributed by atoms with Crippen LogP contribution in [0.2, 0.25) is 0 Å². The van der Waals surface area contributed by atoms with Gasteiger partial charge in [0.05, 0.1) is 23.0 Å². The summed E-state index contributed by atoms with van der Waals surface area (Å²) >= 11 is 3.25. The van der Waals surface area contributed by atoms with Gasteiger partial charge < -0.3 is 10.4 Å². The summed E-state index contributed by atoms with van der Waals surface area (Å²) in [6, 6.07) is 4.58. The van der Waals surface area contributed by atoms with E-state index in [2.05, 4.69) is 26.3 Å². The first-order chi connectivity index (χ1) is 9.40. The van der Waals surface area contributed by atoms with Crippen molar-refractivity contribution in [3.05, 3.63) is 45.7 Å². The normalized spacial score (nSPS) is 10.3. The van der Waals surface area contributed by atoms with Gasteiger partial charge in [-0.2, -0.15) is 5.10 Å². The van der Waals surface area contributed by atoms with Gasteiger partial charge in [0.15, 0.2) is 0 Å². The third-order valence-corrected chi connectivity index (χ3v) is 3.43. The van der Waals surface area contributed by atoms with Gasteiger partial charge in [-0.3, -0.25) is 9.48 Å². The lowest BCUT2D eigenvalue weighted by Gasteiger charge is -2.08. The van der Waals surface area contributed by atoms with E-state index in [1.165, 1.54) is 12.3 Å². The first-order valence-corrected chi connectivity index (χ1v) is 6.52. The molecule has 2 aromatic rings. The molecule has 1 amide bonds. The summed E-state index contributed by atoms with van der Waals surface area (Å²) in [7, 11) is 1.73. The second kappa shape index (κ2) is 5.46. The molecule has 0 saturated heterocycles. The molecule has 0 radical (unpaired) electrons. The molecule has 20 heavy (non-hydrogen) atoms. The maximum Gasteiger partial charge on any atom is 0.337 e. The van der Waals surface area contributed by atoms with Crippen molar-refractivity contribution in [1.29, 1.82) is 0 Å². The number of carboxylic acid groups (broad SMARTS) is 1. The third-order valence-electron chi connectivity index (χ3n) is 2.94. The van der Waals surface area contributed by atoms with Crippen molar-refractivity contribution in [3.63, 3.8) is 0 Å². The average molecular weight is 338 g/mol. The van der Waals surface area contributed by atoms with Gasteiger partial charge in [0, 0.05) is 17.2 Å². The maximum atomic E-state index is 12.2. The summed E-state index contributed by atoms with van der Waals surface area (Å²) in [4.78, 5) is 23.3. The van der Waals surface area contributed by atoms with E-state index in [0.717, 1.165) is 0 Å². The first-order valence-electron chi connectivity index (χ1n) is 5.73. The molecule has 2 N–H and O–H groups in total. The zero-order valence-corrected chi connectivity index (χ0v) is 12.4. The Morgan fingerprint density at radius 1 is 1.35 bits per heavy atom. The van der Waals surface area contributed by atoms with E-state index < -0.39 is 11.9 Å². The third kappa shape index (κ3) is 2.72. The van der Waals surface area contributed by atoms with Crippen molar-refractivity contribution >= 4 is 33.5 Å². The number of anilines is 1. The van der Waals surface area contributed by atoms with E-state index in [9.17, 15) is 9.59 Å². The van der Waals surface area contributed by atoms with Crippen LogP contribution in [0.1, 0.15) is 26.4 Å². The molecule has 0 bridgehead atoms. The monoisotopic (exact) mass is 337 g/mol. The molecule has 0 spiro atoms. The van der Waals surface area contributed by atoms with Gasteiger partial charge >= 0.3 is 5.97 Å². The summed E-state index contributed by atoms with van der Waals surface area (Å²) in [5.41, 5.74) is 1.38. The van der Waals surface area contributed by atoms with Crippen LogP contribution < -0.4 is 5.32 Å². The highest BCUT2D eigenvalue weighted by atomic mass is 79.9. The molecule has 6 nitrogen and oxygen atoms in total. The van der Waals surface area contributed by atoms with Crippen molar-refractivity contribution in [2.24, 2.45) is 7.05 Å². The van der Waals surface area contributed by atoms with Gasteiger partial charge in [-0.05, 0) is 25.1 Å². The number of rotatable bonds is 3. The number of carboxylic acids is 1. The standard InChI is InChI=1S/C13H12BrN3O3/c1-7-10(6-15-17(7)2)12(18)16-11-5-8(14)3-4-9(11)13(19)20/h3-6H,1-2H3,(H,16,18)(H,19,20). The summed E-state index contributed by atoms with van der Waals surface area (Å²) < 4.78 is 2.26. The van der Waals surface area contributed by atoms with Crippen LogP contribution in [0.4, 0.5) is 5.69 Å².